The van der Waals surface area contributed by atoms with Crippen LogP contribution in [0.25, 0.3) is 0 Å². The van der Waals surface area contributed by atoms with Gasteiger partial charge in [0.05, 0.1) is 16.3 Å². The van der Waals surface area contributed by atoms with Crippen molar-refractivity contribution in [1.29, 1.82) is 0 Å². The number of amides is 2. The fraction of sp³-hybridized carbons (Fsp3) is 0.375. The lowest BCUT2D eigenvalue weighted by atomic mass is 9.89. The van der Waals surface area contributed by atoms with Gasteiger partial charge in [-0.1, -0.05) is 43.9 Å². The number of benzene rings is 2. The standard InChI is InChI=1S/C24H26N4O5/c1-27-20-11-7-6-10-19(20)21(16-8-4-2-3-5-9-16)25-22(23(27)29)26-24(30)33-18-14-12-17(13-15-18)28(31)32/h6-7,10-16,22H,2-5,8-9H2,1H3,(H,26,30). The van der Waals surface area contributed by atoms with Crippen molar-refractivity contribution in [2.75, 3.05) is 11.9 Å². The molecular formula is C24H26N4O5. The number of nitrogens with one attached hydrogen (secondary N) is 1. The fourth-order valence-electron chi connectivity index (χ4n) is 4.40. The number of nitro benzene ring substituents is 1. The van der Waals surface area contributed by atoms with Crippen LogP contribution >= 0.6 is 0 Å². The van der Waals surface area contributed by atoms with Crippen LogP contribution < -0.4 is 15.0 Å². The largest absolute Gasteiger partial charge is 0.414 e. The predicted octanol–water partition coefficient (Wildman–Crippen LogP) is 4.45. The second-order valence-electron chi connectivity index (χ2n) is 8.30. The van der Waals surface area contributed by atoms with Gasteiger partial charge in [-0.15, -0.1) is 0 Å². The minimum Gasteiger partial charge on any atom is -0.410 e. The summed E-state index contributed by atoms with van der Waals surface area (Å²) in [6.45, 7) is 0. The molecule has 2 amide bonds. The summed E-state index contributed by atoms with van der Waals surface area (Å²) in [6.07, 6.45) is 4.58. The number of para-hydroxylation sites is 1. The smallest absolute Gasteiger partial charge is 0.410 e. The minimum atomic E-state index is -1.13. The molecule has 1 N–H and O–H groups in total. The van der Waals surface area contributed by atoms with E-state index in [0.717, 1.165) is 42.6 Å². The molecule has 172 valence electrons. The van der Waals surface area contributed by atoms with Gasteiger partial charge in [0.2, 0.25) is 6.17 Å². The highest BCUT2D eigenvalue weighted by Gasteiger charge is 2.33. The number of likely N-dealkylation sites (N-methyl/N-ethyl adjacent to an activating group) is 1. The molecule has 1 fully saturated rings. The molecular weight excluding hydrogens is 424 g/mol. The van der Waals surface area contributed by atoms with Crippen LogP contribution in [0, 0.1) is 16.0 Å². The fourth-order valence-corrected chi connectivity index (χ4v) is 4.40. The molecule has 1 unspecified atom stereocenters. The molecule has 0 bridgehead atoms. The Bertz CT molecular complexity index is 1070. The highest BCUT2D eigenvalue weighted by atomic mass is 16.6. The van der Waals surface area contributed by atoms with Crippen LogP contribution in [0.5, 0.6) is 5.75 Å². The minimum absolute atomic E-state index is 0.112. The zero-order valence-corrected chi connectivity index (χ0v) is 18.4. The number of fused-ring (bicyclic) bond motifs is 1. The summed E-state index contributed by atoms with van der Waals surface area (Å²) in [6, 6.07) is 12.8. The van der Waals surface area contributed by atoms with Gasteiger partial charge in [-0.25, -0.2) is 4.79 Å². The lowest BCUT2D eigenvalue weighted by Crippen LogP contribution is -2.47. The summed E-state index contributed by atoms with van der Waals surface area (Å²) < 4.78 is 5.24. The Balaban J connectivity index is 1.59. The number of non-ortho nitro benzene ring substituents is 1. The van der Waals surface area contributed by atoms with E-state index in [0.29, 0.717) is 0 Å². The van der Waals surface area contributed by atoms with Crippen LogP contribution in [-0.4, -0.2) is 35.8 Å². The van der Waals surface area contributed by atoms with E-state index < -0.39 is 17.2 Å². The second-order valence-corrected chi connectivity index (χ2v) is 8.30. The monoisotopic (exact) mass is 450 g/mol. The van der Waals surface area contributed by atoms with Crippen LogP contribution in [0.4, 0.5) is 16.2 Å². The quantitative estimate of drug-likeness (QED) is 0.420. The van der Waals surface area contributed by atoms with Gasteiger partial charge in [0, 0.05) is 30.7 Å². The van der Waals surface area contributed by atoms with Gasteiger partial charge in [0.1, 0.15) is 5.75 Å². The normalized spacial score (nSPS) is 19.1. The van der Waals surface area contributed by atoms with E-state index >= 15 is 0 Å². The molecule has 9 nitrogen and oxygen atoms in total. The molecule has 4 rings (SSSR count). The Morgan fingerprint density at radius 2 is 1.76 bits per heavy atom. The van der Waals surface area contributed by atoms with Crippen molar-refractivity contribution in [2.24, 2.45) is 10.9 Å². The molecule has 1 atom stereocenters. The Morgan fingerprint density at radius 3 is 2.42 bits per heavy atom. The lowest BCUT2D eigenvalue weighted by molar-refractivity contribution is -0.384. The van der Waals surface area contributed by atoms with E-state index in [1.807, 2.05) is 24.3 Å². The summed E-state index contributed by atoms with van der Waals surface area (Å²) in [5, 5.41) is 13.4. The number of rotatable bonds is 4. The van der Waals surface area contributed by atoms with Crippen molar-refractivity contribution >= 4 is 29.1 Å². The van der Waals surface area contributed by atoms with Crippen molar-refractivity contribution in [3.8, 4) is 5.75 Å². The van der Waals surface area contributed by atoms with Gasteiger partial charge in [0.25, 0.3) is 11.6 Å². The van der Waals surface area contributed by atoms with Gasteiger partial charge >= 0.3 is 6.09 Å². The highest BCUT2D eigenvalue weighted by molar-refractivity contribution is 6.13. The maximum atomic E-state index is 13.2. The first-order valence-electron chi connectivity index (χ1n) is 11.1. The first-order chi connectivity index (χ1) is 15.9. The van der Waals surface area contributed by atoms with E-state index in [2.05, 4.69) is 5.32 Å². The molecule has 1 saturated carbocycles. The van der Waals surface area contributed by atoms with Crippen molar-refractivity contribution in [3.05, 3.63) is 64.2 Å². The summed E-state index contributed by atoms with van der Waals surface area (Å²) in [5.74, 6) is -0.0292. The van der Waals surface area contributed by atoms with Gasteiger partial charge < -0.3 is 9.64 Å². The van der Waals surface area contributed by atoms with E-state index in [4.69, 9.17) is 9.73 Å². The maximum Gasteiger partial charge on any atom is 0.414 e. The topological polar surface area (TPSA) is 114 Å². The van der Waals surface area contributed by atoms with Gasteiger partial charge in [-0.3, -0.25) is 25.2 Å². The number of carbonyl (C=O) groups is 2. The molecule has 2 aromatic carbocycles. The van der Waals surface area contributed by atoms with E-state index in [1.54, 1.807) is 7.05 Å². The molecule has 0 saturated heterocycles. The number of hydrogen-bond donors (Lipinski definition) is 1. The molecule has 0 aromatic heterocycles. The highest BCUT2D eigenvalue weighted by Crippen LogP contribution is 2.32. The van der Waals surface area contributed by atoms with Crippen molar-refractivity contribution in [3.63, 3.8) is 0 Å². The Hall–Kier alpha value is -3.75. The molecule has 9 heteroatoms. The third-order valence-electron chi connectivity index (χ3n) is 6.13. The van der Waals surface area contributed by atoms with E-state index in [-0.39, 0.29) is 23.3 Å². The molecule has 1 aliphatic carbocycles. The Morgan fingerprint density at radius 1 is 1.09 bits per heavy atom. The van der Waals surface area contributed by atoms with Gasteiger partial charge in [-0.05, 0) is 31.0 Å². The molecule has 0 spiro atoms. The van der Waals surface area contributed by atoms with E-state index in [1.165, 1.54) is 42.0 Å². The molecule has 0 radical (unpaired) electrons. The number of hydrogen-bond acceptors (Lipinski definition) is 6. The van der Waals surface area contributed by atoms with Gasteiger partial charge in [0.15, 0.2) is 0 Å². The number of benzodiazepines with no additional fused rings is 1. The van der Waals surface area contributed by atoms with Gasteiger partial charge in [-0.2, -0.15) is 0 Å². The molecule has 1 aliphatic heterocycles. The van der Waals surface area contributed by atoms with Crippen LogP contribution in [-0.2, 0) is 4.79 Å². The predicted molar refractivity (Wildman–Crippen MR) is 124 cm³/mol. The van der Waals surface area contributed by atoms with Crippen molar-refractivity contribution in [1.82, 2.24) is 5.32 Å². The van der Waals surface area contributed by atoms with Crippen LogP contribution in [0.1, 0.15) is 44.1 Å². The zero-order chi connectivity index (χ0) is 23.4. The van der Waals surface area contributed by atoms with E-state index in [9.17, 15) is 19.7 Å². The first-order valence-corrected chi connectivity index (χ1v) is 11.1. The number of anilines is 1. The second kappa shape index (κ2) is 9.81. The lowest BCUT2D eigenvalue weighted by Gasteiger charge is -2.21. The average Bonchev–Trinajstić information content (AvgIpc) is 3.14. The summed E-state index contributed by atoms with van der Waals surface area (Å²) in [5.41, 5.74) is 2.40. The Labute approximate surface area is 191 Å². The maximum absolute atomic E-state index is 13.2. The van der Waals surface area contributed by atoms with Crippen molar-refractivity contribution < 1.29 is 19.2 Å². The third-order valence-corrected chi connectivity index (χ3v) is 6.13. The number of aliphatic imine (C=N–C) groups is 1. The Kier molecular flexibility index (Phi) is 6.67. The molecule has 2 aliphatic rings. The summed E-state index contributed by atoms with van der Waals surface area (Å²) >= 11 is 0. The first kappa shape index (κ1) is 22.4. The van der Waals surface area contributed by atoms with Crippen LogP contribution in [0.15, 0.2) is 53.5 Å². The number of nitrogens with zero attached hydrogens (tertiary/aromatic N) is 3. The van der Waals surface area contributed by atoms with Crippen LogP contribution in [0.2, 0.25) is 0 Å². The average molecular weight is 450 g/mol. The van der Waals surface area contributed by atoms with Crippen molar-refractivity contribution in [2.45, 2.75) is 44.7 Å². The summed E-state index contributed by atoms with van der Waals surface area (Å²) in [7, 11) is 1.67. The summed E-state index contributed by atoms with van der Waals surface area (Å²) in [4.78, 5) is 42.3. The zero-order valence-electron chi connectivity index (χ0n) is 18.4. The SMILES string of the molecule is CN1C(=O)C(NC(=O)Oc2ccc([N+](=O)[O-])cc2)N=C(C2CCCCCC2)c2ccccc21. The number of nitro groups is 1. The third kappa shape index (κ3) is 5.02. The molecule has 1 heterocycles. The van der Waals surface area contributed by atoms with Crippen LogP contribution in [0.3, 0.4) is 0 Å². The number of carbonyl (C=O) groups excluding carboxylic acids is 2. The molecule has 33 heavy (non-hydrogen) atoms. The molecule has 2 aromatic rings. The number of ether oxygens (including phenoxy) is 1.